The van der Waals surface area contributed by atoms with E-state index in [-0.39, 0.29) is 0 Å². The SMILES string of the molecule is Cc1c(C)n(Cc2ccco2)c2ncn3nc(CSc4nc5ccccc5o4)nc3c12. The number of aromatic nitrogens is 6. The molecule has 5 aromatic heterocycles. The van der Waals surface area contributed by atoms with Gasteiger partial charge >= 0.3 is 0 Å². The number of furan rings is 1. The van der Waals surface area contributed by atoms with Crippen molar-refractivity contribution in [2.45, 2.75) is 31.4 Å². The fraction of sp³-hybridized carbons (Fsp3) is 0.182. The third-order valence-corrected chi connectivity index (χ3v) is 6.31. The quantitative estimate of drug-likeness (QED) is 0.364. The zero-order valence-electron chi connectivity index (χ0n) is 16.9. The Morgan fingerprint density at radius 3 is 2.77 bits per heavy atom. The molecule has 1 aromatic carbocycles. The molecule has 154 valence electrons. The van der Waals surface area contributed by atoms with Crippen LogP contribution in [0.2, 0.25) is 0 Å². The lowest BCUT2D eigenvalue weighted by molar-refractivity contribution is 0.489. The van der Waals surface area contributed by atoms with Gasteiger partial charge in [-0.25, -0.2) is 19.5 Å². The third-order valence-electron chi connectivity index (χ3n) is 5.48. The Morgan fingerprint density at radius 1 is 1.03 bits per heavy atom. The van der Waals surface area contributed by atoms with Gasteiger partial charge in [-0.1, -0.05) is 23.9 Å². The van der Waals surface area contributed by atoms with Crippen LogP contribution in [0.1, 0.15) is 22.8 Å². The summed E-state index contributed by atoms with van der Waals surface area (Å²) < 4.78 is 15.2. The molecule has 5 heterocycles. The minimum Gasteiger partial charge on any atom is -0.467 e. The Kier molecular flexibility index (Phi) is 4.10. The molecule has 8 nitrogen and oxygen atoms in total. The van der Waals surface area contributed by atoms with Crippen molar-refractivity contribution < 1.29 is 8.83 Å². The van der Waals surface area contributed by atoms with E-state index in [1.54, 1.807) is 17.1 Å². The molecule has 0 saturated carbocycles. The van der Waals surface area contributed by atoms with Crippen molar-refractivity contribution in [2.75, 3.05) is 0 Å². The predicted octanol–water partition coefficient (Wildman–Crippen LogP) is 4.77. The van der Waals surface area contributed by atoms with Gasteiger partial charge in [-0.2, -0.15) is 0 Å². The molecular weight excluding hydrogens is 412 g/mol. The number of rotatable bonds is 5. The maximum absolute atomic E-state index is 5.79. The van der Waals surface area contributed by atoms with Crippen molar-refractivity contribution in [3.8, 4) is 0 Å². The summed E-state index contributed by atoms with van der Waals surface area (Å²) in [6.45, 7) is 4.82. The number of fused-ring (bicyclic) bond motifs is 4. The molecule has 0 spiro atoms. The minimum absolute atomic E-state index is 0.557. The molecule has 0 atom stereocenters. The van der Waals surface area contributed by atoms with E-state index in [9.17, 15) is 0 Å². The van der Waals surface area contributed by atoms with Crippen LogP contribution in [0.15, 0.2) is 63.0 Å². The van der Waals surface area contributed by atoms with Gasteiger partial charge in [0.05, 0.1) is 23.9 Å². The third kappa shape index (κ3) is 3.00. The van der Waals surface area contributed by atoms with Gasteiger partial charge in [-0.05, 0) is 43.7 Å². The van der Waals surface area contributed by atoms with Gasteiger partial charge in [0.2, 0.25) is 0 Å². The Morgan fingerprint density at radius 2 is 1.94 bits per heavy atom. The van der Waals surface area contributed by atoms with Crippen LogP contribution < -0.4 is 0 Å². The largest absolute Gasteiger partial charge is 0.467 e. The average Bonchev–Trinajstić information content (AvgIpc) is 3.55. The molecule has 0 unspecified atom stereocenters. The summed E-state index contributed by atoms with van der Waals surface area (Å²) >= 11 is 1.48. The predicted molar refractivity (Wildman–Crippen MR) is 117 cm³/mol. The van der Waals surface area contributed by atoms with Crippen molar-refractivity contribution in [3.63, 3.8) is 0 Å². The Bertz CT molecular complexity index is 1510. The van der Waals surface area contributed by atoms with Crippen molar-refractivity contribution in [1.29, 1.82) is 0 Å². The summed E-state index contributed by atoms with van der Waals surface area (Å²) in [5, 5.41) is 6.23. The monoisotopic (exact) mass is 430 g/mol. The number of hydrogen-bond donors (Lipinski definition) is 0. The van der Waals surface area contributed by atoms with Crippen LogP contribution in [0.25, 0.3) is 27.8 Å². The van der Waals surface area contributed by atoms with Crippen molar-refractivity contribution >= 4 is 39.5 Å². The summed E-state index contributed by atoms with van der Waals surface area (Å²) in [5.74, 6) is 2.15. The lowest BCUT2D eigenvalue weighted by atomic mass is 10.2. The first-order valence-corrected chi connectivity index (χ1v) is 10.9. The zero-order valence-corrected chi connectivity index (χ0v) is 17.8. The van der Waals surface area contributed by atoms with E-state index in [0.29, 0.717) is 23.3 Å². The highest BCUT2D eigenvalue weighted by molar-refractivity contribution is 7.98. The Balaban J connectivity index is 1.36. The second kappa shape index (κ2) is 6.98. The number of nitrogens with zero attached hydrogens (tertiary/aromatic N) is 6. The van der Waals surface area contributed by atoms with E-state index in [4.69, 9.17) is 13.8 Å². The number of benzene rings is 1. The summed E-state index contributed by atoms with van der Waals surface area (Å²) in [6.07, 6.45) is 3.41. The van der Waals surface area contributed by atoms with E-state index < -0.39 is 0 Å². The summed E-state index contributed by atoms with van der Waals surface area (Å²) in [5.41, 5.74) is 5.59. The van der Waals surface area contributed by atoms with Crippen molar-refractivity contribution in [1.82, 2.24) is 29.1 Å². The van der Waals surface area contributed by atoms with E-state index in [2.05, 4.69) is 33.5 Å². The molecule has 0 fully saturated rings. The van der Waals surface area contributed by atoms with Crippen LogP contribution in [0.5, 0.6) is 0 Å². The topological polar surface area (TPSA) is 87.2 Å². The number of thioether (sulfide) groups is 1. The van der Waals surface area contributed by atoms with Crippen LogP contribution >= 0.6 is 11.8 Å². The molecule has 0 amide bonds. The molecule has 0 aliphatic heterocycles. The fourth-order valence-electron chi connectivity index (χ4n) is 3.83. The molecular formula is C22H18N6O2S. The van der Waals surface area contributed by atoms with Gasteiger partial charge in [-0.3, -0.25) is 0 Å². The lowest BCUT2D eigenvalue weighted by Crippen LogP contribution is -2.02. The standard InChI is InChI=1S/C22H18N6O2S/c1-13-14(2)27(10-15-6-5-9-29-15)20-19(13)21-25-18(26-28(21)12-23-20)11-31-22-24-16-7-3-4-8-17(16)30-22/h3-9,12H,10-11H2,1-2H3. The van der Waals surface area contributed by atoms with E-state index in [1.165, 1.54) is 11.8 Å². The fourth-order valence-corrected chi connectivity index (χ4v) is 4.51. The van der Waals surface area contributed by atoms with Gasteiger partial charge in [0, 0.05) is 5.69 Å². The minimum atomic E-state index is 0.557. The summed E-state index contributed by atoms with van der Waals surface area (Å²) in [7, 11) is 0. The highest BCUT2D eigenvalue weighted by Gasteiger charge is 2.19. The van der Waals surface area contributed by atoms with Gasteiger partial charge < -0.3 is 13.4 Å². The maximum atomic E-state index is 5.79. The number of hydrogen-bond acceptors (Lipinski definition) is 7. The van der Waals surface area contributed by atoms with Crippen LogP contribution in [-0.4, -0.2) is 29.1 Å². The lowest BCUT2D eigenvalue weighted by Gasteiger charge is -2.05. The molecule has 0 radical (unpaired) electrons. The van der Waals surface area contributed by atoms with Gasteiger partial charge in [0.1, 0.15) is 23.3 Å². The number of aryl methyl sites for hydroxylation is 1. The van der Waals surface area contributed by atoms with Crippen molar-refractivity contribution in [3.05, 3.63) is 71.8 Å². The Hall–Kier alpha value is -3.59. The molecule has 9 heteroatoms. The first-order chi connectivity index (χ1) is 15.2. The average molecular weight is 430 g/mol. The summed E-state index contributed by atoms with van der Waals surface area (Å²) in [4.78, 5) is 14.0. The highest BCUT2D eigenvalue weighted by atomic mass is 32.2. The van der Waals surface area contributed by atoms with Gasteiger partial charge in [0.15, 0.2) is 17.1 Å². The zero-order chi connectivity index (χ0) is 20.9. The Labute approximate surface area is 180 Å². The van der Waals surface area contributed by atoms with Crippen molar-refractivity contribution in [2.24, 2.45) is 0 Å². The van der Waals surface area contributed by atoms with E-state index in [1.807, 2.05) is 36.4 Å². The molecule has 0 bridgehead atoms. The smallest absolute Gasteiger partial charge is 0.257 e. The molecule has 6 rings (SSSR count). The van der Waals surface area contributed by atoms with Crippen LogP contribution in [0, 0.1) is 13.8 Å². The first-order valence-electron chi connectivity index (χ1n) is 9.88. The second-order valence-corrected chi connectivity index (χ2v) is 8.28. The molecule has 6 aromatic rings. The van der Waals surface area contributed by atoms with Crippen LogP contribution in [0.4, 0.5) is 0 Å². The van der Waals surface area contributed by atoms with Crippen LogP contribution in [-0.2, 0) is 12.3 Å². The maximum Gasteiger partial charge on any atom is 0.257 e. The van der Waals surface area contributed by atoms with Gasteiger partial charge in [-0.15, -0.1) is 5.10 Å². The molecule has 31 heavy (non-hydrogen) atoms. The second-order valence-electron chi connectivity index (χ2n) is 7.35. The molecule has 0 N–H and O–H groups in total. The first kappa shape index (κ1) is 18.2. The number of para-hydroxylation sites is 2. The molecule has 0 saturated heterocycles. The van der Waals surface area contributed by atoms with E-state index >= 15 is 0 Å². The molecule has 0 aliphatic rings. The highest BCUT2D eigenvalue weighted by Crippen LogP contribution is 2.29. The number of oxazole rings is 1. The molecule has 0 aliphatic carbocycles. The normalized spacial score (nSPS) is 11.9. The van der Waals surface area contributed by atoms with Crippen LogP contribution in [0.3, 0.4) is 0 Å². The van der Waals surface area contributed by atoms with E-state index in [0.717, 1.165) is 44.8 Å². The van der Waals surface area contributed by atoms with Gasteiger partial charge in [0.25, 0.3) is 5.22 Å². The summed E-state index contributed by atoms with van der Waals surface area (Å²) in [6, 6.07) is 11.6.